The second kappa shape index (κ2) is 8.95. The van der Waals surface area contributed by atoms with Crippen LogP contribution in [0.25, 0.3) is 5.57 Å². The molecular weight excluding hydrogens is 265 g/mol. The van der Waals surface area contributed by atoms with Crippen molar-refractivity contribution in [2.45, 2.75) is 6.92 Å². The van der Waals surface area contributed by atoms with Gasteiger partial charge in [0.25, 0.3) is 0 Å². The van der Waals surface area contributed by atoms with Crippen LogP contribution in [0.1, 0.15) is 22.2 Å². The number of rotatable bonds is 4. The summed E-state index contributed by atoms with van der Waals surface area (Å²) in [5.74, 6) is -0.463. The van der Waals surface area contributed by atoms with E-state index in [2.05, 4.69) is 17.6 Å². The minimum absolute atomic E-state index is 0.348. The molecule has 1 aromatic heterocycles. The summed E-state index contributed by atoms with van der Waals surface area (Å²) < 4.78 is 16.7. The van der Waals surface area contributed by atoms with Crippen LogP contribution in [0.4, 0.5) is 9.39 Å². The number of anilines is 1. The third kappa shape index (κ3) is 4.60. The summed E-state index contributed by atoms with van der Waals surface area (Å²) in [5.41, 5.74) is 6.91. The van der Waals surface area contributed by atoms with Crippen molar-refractivity contribution in [3.8, 4) is 12.8 Å². The van der Waals surface area contributed by atoms with Gasteiger partial charge in [0.2, 0.25) is 0 Å². The normalized spacial score (nSPS) is 10.9. The number of terminal acetylenes is 1. The number of methoxy groups -OCH3 is 1. The number of nitrogens with two attached hydrogens (primary N) is 1. The van der Waals surface area contributed by atoms with Crippen molar-refractivity contribution in [2.24, 2.45) is 0 Å². The van der Waals surface area contributed by atoms with E-state index in [0.29, 0.717) is 10.6 Å². The average Bonchev–Trinajstić information content (AvgIpc) is 2.83. The standard InChI is InChI=1S/C12H14FNO2S.C2H2/c1-3-8(5-4-6-13)10-7-9(11(14)17-10)12(15)16-2;1-2/h3-5,7H,6,14H2,1-2H3;1-2H/b5-4-,8-3+;. The van der Waals surface area contributed by atoms with Crippen molar-refractivity contribution in [1.82, 2.24) is 0 Å². The van der Waals surface area contributed by atoms with E-state index in [4.69, 9.17) is 5.73 Å². The molecule has 0 saturated carbocycles. The number of carbonyl (C=O) groups is 1. The van der Waals surface area contributed by atoms with Gasteiger partial charge in [-0.05, 0) is 18.6 Å². The van der Waals surface area contributed by atoms with Gasteiger partial charge in [0, 0.05) is 4.88 Å². The molecule has 2 N–H and O–H groups in total. The minimum atomic E-state index is -0.526. The second-order valence-electron chi connectivity index (χ2n) is 3.18. The smallest absolute Gasteiger partial charge is 0.340 e. The molecule has 5 heteroatoms. The Kier molecular flexibility index (Phi) is 7.98. The van der Waals surface area contributed by atoms with Crippen LogP contribution in [0, 0.1) is 12.8 Å². The SMILES string of the molecule is C#C.C/C=C(\C=C/CF)c1cc(C(=O)OC)c(N)s1. The zero-order valence-electron chi connectivity index (χ0n) is 10.9. The Morgan fingerprint density at radius 2 is 2.21 bits per heavy atom. The summed E-state index contributed by atoms with van der Waals surface area (Å²) >= 11 is 1.28. The number of ether oxygens (including phenoxy) is 1. The summed E-state index contributed by atoms with van der Waals surface area (Å²) in [6.07, 6.45) is 12.9. The van der Waals surface area contributed by atoms with E-state index in [1.54, 1.807) is 12.1 Å². The first-order chi connectivity index (χ1) is 9.13. The van der Waals surface area contributed by atoms with Gasteiger partial charge in [-0.25, -0.2) is 9.18 Å². The predicted octanol–water partition coefficient (Wildman–Crippen LogP) is 3.30. The first kappa shape index (κ1) is 16.9. The zero-order valence-corrected chi connectivity index (χ0v) is 11.7. The molecule has 0 bridgehead atoms. The molecule has 1 rings (SSSR count). The molecule has 1 aromatic rings. The Labute approximate surface area is 116 Å². The quantitative estimate of drug-likeness (QED) is 0.523. The highest BCUT2D eigenvalue weighted by Crippen LogP contribution is 2.31. The Morgan fingerprint density at radius 3 is 2.68 bits per heavy atom. The molecule has 0 unspecified atom stereocenters. The highest BCUT2D eigenvalue weighted by Gasteiger charge is 2.15. The number of hydrogen-bond donors (Lipinski definition) is 1. The largest absolute Gasteiger partial charge is 0.465 e. The van der Waals surface area contributed by atoms with Crippen molar-refractivity contribution in [3.63, 3.8) is 0 Å². The highest BCUT2D eigenvalue weighted by atomic mass is 32.1. The fraction of sp³-hybridized carbons (Fsp3) is 0.214. The van der Waals surface area contributed by atoms with Gasteiger partial charge in [0.05, 0.1) is 12.7 Å². The van der Waals surface area contributed by atoms with E-state index in [1.807, 2.05) is 13.0 Å². The van der Waals surface area contributed by atoms with E-state index in [9.17, 15) is 9.18 Å². The molecule has 0 spiro atoms. The Bertz CT molecular complexity index is 501. The van der Waals surface area contributed by atoms with Gasteiger partial charge in [0.15, 0.2) is 0 Å². The van der Waals surface area contributed by atoms with Crippen LogP contribution in [-0.2, 0) is 4.74 Å². The molecule has 102 valence electrons. The molecule has 0 radical (unpaired) electrons. The summed E-state index contributed by atoms with van der Waals surface area (Å²) in [5, 5.41) is 0.403. The Balaban J connectivity index is 0.00000154. The number of hydrogen-bond acceptors (Lipinski definition) is 4. The monoisotopic (exact) mass is 281 g/mol. The van der Waals surface area contributed by atoms with E-state index < -0.39 is 12.6 Å². The summed E-state index contributed by atoms with van der Waals surface area (Å²) in [7, 11) is 1.30. The maximum absolute atomic E-state index is 12.1. The van der Waals surface area contributed by atoms with Crippen LogP contribution >= 0.6 is 11.3 Å². The van der Waals surface area contributed by atoms with Gasteiger partial charge in [0.1, 0.15) is 11.7 Å². The average molecular weight is 281 g/mol. The van der Waals surface area contributed by atoms with Gasteiger partial charge < -0.3 is 10.5 Å². The first-order valence-corrected chi connectivity index (χ1v) is 6.15. The maximum Gasteiger partial charge on any atom is 0.340 e. The van der Waals surface area contributed by atoms with E-state index in [1.165, 1.54) is 24.5 Å². The summed E-state index contributed by atoms with van der Waals surface area (Å²) in [6, 6.07) is 1.66. The van der Waals surface area contributed by atoms with Gasteiger partial charge in [-0.15, -0.1) is 24.2 Å². The van der Waals surface area contributed by atoms with E-state index in [0.717, 1.165) is 10.5 Å². The van der Waals surface area contributed by atoms with E-state index >= 15 is 0 Å². The lowest BCUT2D eigenvalue weighted by molar-refractivity contribution is 0.0602. The van der Waals surface area contributed by atoms with Crippen LogP contribution < -0.4 is 5.73 Å². The van der Waals surface area contributed by atoms with Gasteiger partial charge in [-0.3, -0.25) is 0 Å². The number of allylic oxidation sites excluding steroid dienone is 4. The molecule has 0 aliphatic rings. The molecule has 0 amide bonds. The minimum Gasteiger partial charge on any atom is -0.465 e. The van der Waals surface area contributed by atoms with Crippen LogP contribution in [0.2, 0.25) is 0 Å². The van der Waals surface area contributed by atoms with Crippen LogP contribution in [0.15, 0.2) is 24.3 Å². The molecule has 1 heterocycles. The summed E-state index contributed by atoms with van der Waals surface area (Å²) in [6.45, 7) is 1.31. The van der Waals surface area contributed by atoms with E-state index in [-0.39, 0.29) is 0 Å². The fourth-order valence-electron chi connectivity index (χ4n) is 1.31. The number of alkyl halides is 1. The second-order valence-corrected chi connectivity index (χ2v) is 4.26. The maximum atomic E-state index is 12.1. The number of halogens is 1. The molecule has 0 aliphatic carbocycles. The number of carbonyl (C=O) groups excluding carboxylic acids is 1. The Hall–Kier alpha value is -2.06. The van der Waals surface area contributed by atoms with Gasteiger partial charge >= 0.3 is 5.97 Å². The predicted molar refractivity (Wildman–Crippen MR) is 78.7 cm³/mol. The fourth-order valence-corrected chi connectivity index (χ4v) is 2.28. The highest BCUT2D eigenvalue weighted by molar-refractivity contribution is 7.17. The lowest BCUT2D eigenvalue weighted by atomic mass is 10.1. The molecule has 19 heavy (non-hydrogen) atoms. The van der Waals surface area contributed by atoms with Crippen molar-refractivity contribution in [3.05, 3.63) is 34.7 Å². The third-order valence-electron chi connectivity index (χ3n) is 2.15. The number of esters is 1. The molecule has 0 aliphatic heterocycles. The van der Waals surface area contributed by atoms with Crippen LogP contribution in [0.3, 0.4) is 0 Å². The van der Waals surface area contributed by atoms with Crippen LogP contribution in [0.5, 0.6) is 0 Å². The van der Waals surface area contributed by atoms with Crippen molar-refractivity contribution in [1.29, 1.82) is 0 Å². The van der Waals surface area contributed by atoms with Crippen molar-refractivity contribution < 1.29 is 13.9 Å². The van der Waals surface area contributed by atoms with Crippen molar-refractivity contribution >= 4 is 27.9 Å². The third-order valence-corrected chi connectivity index (χ3v) is 3.16. The Morgan fingerprint density at radius 1 is 1.58 bits per heavy atom. The molecule has 0 atom stereocenters. The summed E-state index contributed by atoms with van der Waals surface area (Å²) in [4.78, 5) is 12.2. The topological polar surface area (TPSA) is 52.3 Å². The zero-order chi connectivity index (χ0) is 14.8. The molecule has 0 fully saturated rings. The molecule has 0 saturated heterocycles. The lowest BCUT2D eigenvalue weighted by Crippen LogP contribution is -2.01. The van der Waals surface area contributed by atoms with Gasteiger partial charge in [-0.2, -0.15) is 0 Å². The van der Waals surface area contributed by atoms with Crippen molar-refractivity contribution in [2.75, 3.05) is 19.5 Å². The first-order valence-electron chi connectivity index (χ1n) is 5.34. The van der Waals surface area contributed by atoms with Gasteiger partial charge in [-0.1, -0.05) is 18.2 Å². The van der Waals surface area contributed by atoms with Crippen LogP contribution in [-0.4, -0.2) is 19.8 Å². The number of nitrogen functional groups attached to an aromatic ring is 1. The molecular formula is C14H16FNO2S. The lowest BCUT2D eigenvalue weighted by Gasteiger charge is -1.95. The molecule has 0 aromatic carbocycles. The molecule has 3 nitrogen and oxygen atoms in total. The number of thiophene rings is 1.